The highest BCUT2D eigenvalue weighted by Gasteiger charge is 2.34. The van der Waals surface area contributed by atoms with E-state index in [-0.39, 0.29) is 18.2 Å². The molecule has 0 atom stereocenters. The van der Waals surface area contributed by atoms with E-state index in [4.69, 9.17) is 5.11 Å². The number of aliphatic carboxylic acids is 1. The van der Waals surface area contributed by atoms with Crippen LogP contribution < -0.4 is 0 Å². The molecule has 92 valence electrons. The Morgan fingerprint density at radius 2 is 2.24 bits per heavy atom. The SMILES string of the molecule is CCc1nnsc1C(=O)N1CC(CC(=O)O)C1. The number of rotatable bonds is 4. The van der Waals surface area contributed by atoms with Gasteiger partial charge in [-0.15, -0.1) is 5.10 Å². The number of carboxylic acids is 1. The second-order valence-corrected chi connectivity index (χ2v) is 4.83. The van der Waals surface area contributed by atoms with Crippen molar-refractivity contribution in [2.75, 3.05) is 13.1 Å². The number of amides is 1. The Labute approximate surface area is 102 Å². The monoisotopic (exact) mass is 255 g/mol. The molecule has 1 fully saturated rings. The average molecular weight is 255 g/mol. The molecule has 0 aliphatic carbocycles. The van der Waals surface area contributed by atoms with E-state index in [1.807, 2.05) is 6.92 Å². The molecule has 0 radical (unpaired) electrons. The molecular formula is C10H13N3O3S. The molecule has 0 aromatic carbocycles. The number of carbonyl (C=O) groups excluding carboxylic acids is 1. The van der Waals surface area contributed by atoms with Crippen molar-refractivity contribution < 1.29 is 14.7 Å². The number of carboxylic acid groups (broad SMARTS) is 1. The summed E-state index contributed by atoms with van der Waals surface area (Å²) in [5.41, 5.74) is 0.724. The second kappa shape index (κ2) is 4.79. The van der Waals surface area contributed by atoms with E-state index in [1.54, 1.807) is 4.90 Å². The van der Waals surface area contributed by atoms with Gasteiger partial charge in [0, 0.05) is 19.0 Å². The highest BCUT2D eigenvalue weighted by atomic mass is 32.1. The number of hydrogen-bond donors (Lipinski definition) is 1. The van der Waals surface area contributed by atoms with Crippen molar-refractivity contribution in [2.45, 2.75) is 19.8 Å². The van der Waals surface area contributed by atoms with Crippen LogP contribution in [0.4, 0.5) is 0 Å². The van der Waals surface area contributed by atoms with Crippen LogP contribution in [-0.2, 0) is 11.2 Å². The molecular weight excluding hydrogens is 242 g/mol. The molecule has 1 aliphatic heterocycles. The Morgan fingerprint density at radius 3 is 2.82 bits per heavy atom. The van der Waals surface area contributed by atoms with Gasteiger partial charge in [-0.2, -0.15) is 0 Å². The molecule has 0 spiro atoms. The maximum absolute atomic E-state index is 12.0. The predicted molar refractivity (Wildman–Crippen MR) is 60.9 cm³/mol. The van der Waals surface area contributed by atoms with Crippen molar-refractivity contribution >= 4 is 23.4 Å². The fourth-order valence-corrected chi connectivity index (χ4v) is 2.58. The lowest BCUT2D eigenvalue weighted by molar-refractivity contribution is -0.139. The van der Waals surface area contributed by atoms with Gasteiger partial charge in [-0.25, -0.2) is 0 Å². The first kappa shape index (κ1) is 12.0. The van der Waals surface area contributed by atoms with Crippen molar-refractivity contribution in [1.29, 1.82) is 0 Å². The molecule has 1 aromatic rings. The molecule has 7 heteroatoms. The maximum atomic E-state index is 12.0. The zero-order valence-corrected chi connectivity index (χ0v) is 10.2. The van der Waals surface area contributed by atoms with Gasteiger partial charge in [-0.3, -0.25) is 9.59 Å². The number of likely N-dealkylation sites (tertiary alicyclic amines) is 1. The highest BCUT2D eigenvalue weighted by Crippen LogP contribution is 2.23. The van der Waals surface area contributed by atoms with Gasteiger partial charge in [-0.1, -0.05) is 11.4 Å². The largest absolute Gasteiger partial charge is 0.481 e. The molecule has 0 saturated carbocycles. The summed E-state index contributed by atoms with van der Waals surface area (Å²) in [4.78, 5) is 24.7. The number of hydrogen-bond acceptors (Lipinski definition) is 5. The fourth-order valence-electron chi connectivity index (χ4n) is 1.86. The zero-order chi connectivity index (χ0) is 12.4. The van der Waals surface area contributed by atoms with E-state index in [1.165, 1.54) is 0 Å². The summed E-state index contributed by atoms with van der Waals surface area (Å²) in [5, 5.41) is 12.5. The van der Waals surface area contributed by atoms with Crippen molar-refractivity contribution in [3.63, 3.8) is 0 Å². The van der Waals surface area contributed by atoms with Gasteiger partial charge in [0.1, 0.15) is 4.88 Å². The van der Waals surface area contributed by atoms with Gasteiger partial charge in [0.2, 0.25) is 0 Å². The molecule has 1 saturated heterocycles. The van der Waals surface area contributed by atoms with Crippen LogP contribution in [0.3, 0.4) is 0 Å². The topological polar surface area (TPSA) is 83.4 Å². The van der Waals surface area contributed by atoms with Gasteiger partial charge in [0.05, 0.1) is 12.1 Å². The molecule has 1 N–H and O–H groups in total. The minimum absolute atomic E-state index is 0.0708. The van der Waals surface area contributed by atoms with Gasteiger partial charge in [-0.05, 0) is 18.0 Å². The summed E-state index contributed by atoms with van der Waals surface area (Å²) >= 11 is 1.11. The van der Waals surface area contributed by atoms with Crippen LogP contribution in [0.15, 0.2) is 0 Å². The minimum atomic E-state index is -0.809. The highest BCUT2D eigenvalue weighted by molar-refractivity contribution is 7.08. The van der Waals surface area contributed by atoms with E-state index in [2.05, 4.69) is 9.59 Å². The molecule has 2 rings (SSSR count). The summed E-state index contributed by atoms with van der Waals surface area (Å²) < 4.78 is 3.77. The second-order valence-electron chi connectivity index (χ2n) is 4.08. The predicted octanol–water partition coefficient (Wildman–Crippen LogP) is 0.647. The van der Waals surface area contributed by atoms with Crippen LogP contribution >= 0.6 is 11.5 Å². The summed E-state index contributed by atoms with van der Waals surface area (Å²) in [7, 11) is 0. The minimum Gasteiger partial charge on any atom is -0.481 e. The lowest BCUT2D eigenvalue weighted by Crippen LogP contribution is -2.50. The molecule has 2 heterocycles. The van der Waals surface area contributed by atoms with Crippen molar-refractivity contribution in [1.82, 2.24) is 14.5 Å². The first-order valence-corrected chi connectivity index (χ1v) is 6.21. The number of aromatic nitrogens is 2. The van der Waals surface area contributed by atoms with E-state index in [0.29, 0.717) is 24.4 Å². The van der Waals surface area contributed by atoms with Crippen LogP contribution in [0, 0.1) is 5.92 Å². The molecule has 1 aromatic heterocycles. The van der Waals surface area contributed by atoms with Crippen LogP contribution in [0.2, 0.25) is 0 Å². The van der Waals surface area contributed by atoms with E-state index < -0.39 is 5.97 Å². The van der Waals surface area contributed by atoms with Crippen LogP contribution in [0.25, 0.3) is 0 Å². The van der Waals surface area contributed by atoms with Crippen LogP contribution in [-0.4, -0.2) is 44.6 Å². The Balaban J connectivity index is 1.93. The van der Waals surface area contributed by atoms with Gasteiger partial charge < -0.3 is 10.0 Å². The third kappa shape index (κ3) is 2.44. The van der Waals surface area contributed by atoms with Gasteiger partial charge in [0.15, 0.2) is 0 Å². The molecule has 6 nitrogen and oxygen atoms in total. The Kier molecular flexibility index (Phi) is 3.37. The summed E-state index contributed by atoms with van der Waals surface area (Å²) in [6, 6.07) is 0. The van der Waals surface area contributed by atoms with Crippen LogP contribution in [0.5, 0.6) is 0 Å². The molecule has 17 heavy (non-hydrogen) atoms. The smallest absolute Gasteiger partial charge is 0.303 e. The zero-order valence-electron chi connectivity index (χ0n) is 9.42. The Morgan fingerprint density at radius 1 is 1.53 bits per heavy atom. The summed E-state index contributed by atoms with van der Waals surface area (Å²) in [5.74, 6) is -0.795. The first-order chi connectivity index (χ1) is 8.11. The normalized spacial score (nSPS) is 15.7. The third-order valence-corrected chi connectivity index (χ3v) is 3.55. The Bertz CT molecular complexity index is 440. The number of aryl methyl sites for hydroxylation is 1. The van der Waals surface area contributed by atoms with E-state index >= 15 is 0 Å². The van der Waals surface area contributed by atoms with Crippen LogP contribution in [0.1, 0.15) is 28.7 Å². The lowest BCUT2D eigenvalue weighted by atomic mass is 9.96. The first-order valence-electron chi connectivity index (χ1n) is 5.44. The van der Waals surface area contributed by atoms with Crippen molar-refractivity contribution in [3.05, 3.63) is 10.6 Å². The fraction of sp³-hybridized carbons (Fsp3) is 0.600. The average Bonchev–Trinajstić information content (AvgIpc) is 2.69. The molecule has 0 bridgehead atoms. The molecule has 1 aliphatic rings. The van der Waals surface area contributed by atoms with Gasteiger partial charge in [0.25, 0.3) is 5.91 Å². The number of nitrogens with zero attached hydrogens (tertiary/aromatic N) is 3. The quantitative estimate of drug-likeness (QED) is 0.854. The number of carbonyl (C=O) groups is 2. The van der Waals surface area contributed by atoms with E-state index in [9.17, 15) is 9.59 Å². The van der Waals surface area contributed by atoms with Crippen molar-refractivity contribution in [3.8, 4) is 0 Å². The van der Waals surface area contributed by atoms with E-state index in [0.717, 1.165) is 17.2 Å². The molecule has 1 amide bonds. The van der Waals surface area contributed by atoms with Crippen molar-refractivity contribution in [2.24, 2.45) is 5.92 Å². The Hall–Kier alpha value is -1.50. The summed E-state index contributed by atoms with van der Waals surface area (Å²) in [6.45, 7) is 2.97. The van der Waals surface area contributed by atoms with Gasteiger partial charge >= 0.3 is 5.97 Å². The lowest BCUT2D eigenvalue weighted by Gasteiger charge is -2.38. The summed E-state index contributed by atoms with van der Waals surface area (Å²) in [6.07, 6.45) is 0.815. The third-order valence-electron chi connectivity index (χ3n) is 2.79. The standard InChI is InChI=1S/C10H13N3O3S/c1-2-7-9(17-12-11-7)10(16)13-4-6(5-13)3-8(14)15/h6H,2-5H2,1H3,(H,14,15). The molecule has 0 unspecified atom stereocenters. The maximum Gasteiger partial charge on any atom is 0.303 e.